The molecule has 0 aromatic carbocycles. The molecule has 210 valence electrons. The van der Waals surface area contributed by atoms with Crippen molar-refractivity contribution in [3.8, 4) is 0 Å². The molecule has 37 heavy (non-hydrogen) atoms. The second kappa shape index (κ2) is 19.5. The Balaban J connectivity index is 4.17. The van der Waals surface area contributed by atoms with Gasteiger partial charge in [-0.05, 0) is 32.1 Å². The SMILES string of the molecule is CCCNC(=O)CCCNC(=O)CCC(NC(=O)CCCNC(=O)CCC(NC(C)=O)C(=O)O)C(=O)O. The van der Waals surface area contributed by atoms with Crippen molar-refractivity contribution < 1.29 is 43.8 Å². The Morgan fingerprint density at radius 2 is 1.00 bits per heavy atom. The lowest BCUT2D eigenvalue weighted by molar-refractivity contribution is -0.142. The van der Waals surface area contributed by atoms with Gasteiger partial charge < -0.3 is 36.8 Å². The number of carbonyl (C=O) groups is 7. The van der Waals surface area contributed by atoms with Gasteiger partial charge in [0.15, 0.2) is 0 Å². The Labute approximate surface area is 215 Å². The Morgan fingerprint density at radius 3 is 1.43 bits per heavy atom. The zero-order valence-electron chi connectivity index (χ0n) is 21.4. The molecule has 14 heteroatoms. The lowest BCUT2D eigenvalue weighted by Crippen LogP contribution is -2.42. The first-order chi connectivity index (χ1) is 17.5. The molecule has 0 aromatic heterocycles. The molecule has 0 aliphatic carbocycles. The highest BCUT2D eigenvalue weighted by Crippen LogP contribution is 2.01. The van der Waals surface area contributed by atoms with Crippen LogP contribution in [0.5, 0.6) is 0 Å². The molecule has 2 atom stereocenters. The van der Waals surface area contributed by atoms with Gasteiger partial charge in [-0.2, -0.15) is 0 Å². The maximum atomic E-state index is 12.1. The Bertz CT molecular complexity index is 803. The molecular weight excluding hydrogens is 490 g/mol. The molecule has 0 rings (SSSR count). The van der Waals surface area contributed by atoms with Crippen LogP contribution in [0, 0.1) is 0 Å². The molecule has 0 saturated heterocycles. The van der Waals surface area contributed by atoms with Crippen LogP contribution in [0.25, 0.3) is 0 Å². The zero-order chi connectivity index (χ0) is 28.2. The lowest BCUT2D eigenvalue weighted by atomic mass is 10.1. The number of rotatable bonds is 20. The van der Waals surface area contributed by atoms with E-state index in [2.05, 4.69) is 26.6 Å². The first kappa shape index (κ1) is 33.3. The third-order valence-corrected chi connectivity index (χ3v) is 5.01. The number of carbonyl (C=O) groups excluding carboxylic acids is 5. The van der Waals surface area contributed by atoms with Crippen LogP contribution in [-0.4, -0.2) is 83.4 Å². The summed E-state index contributed by atoms with van der Waals surface area (Å²) in [7, 11) is 0. The van der Waals surface area contributed by atoms with Crippen LogP contribution in [0.4, 0.5) is 0 Å². The summed E-state index contributed by atoms with van der Waals surface area (Å²) in [5.41, 5.74) is 0. The molecule has 0 bridgehead atoms. The highest BCUT2D eigenvalue weighted by molar-refractivity contribution is 5.85. The fourth-order valence-corrected chi connectivity index (χ4v) is 3.06. The molecule has 0 radical (unpaired) electrons. The molecule has 0 fully saturated rings. The number of amides is 5. The van der Waals surface area contributed by atoms with Gasteiger partial charge in [-0.25, -0.2) is 9.59 Å². The quantitative estimate of drug-likeness (QED) is 0.0962. The molecule has 0 aliphatic rings. The summed E-state index contributed by atoms with van der Waals surface area (Å²) >= 11 is 0. The average Bonchev–Trinajstić information content (AvgIpc) is 2.82. The fourth-order valence-electron chi connectivity index (χ4n) is 3.06. The number of aliphatic carboxylic acids is 2. The summed E-state index contributed by atoms with van der Waals surface area (Å²) in [5, 5.41) is 30.7. The molecule has 0 aliphatic heterocycles. The summed E-state index contributed by atoms with van der Waals surface area (Å²) in [6.07, 6.45) is 1.23. The maximum Gasteiger partial charge on any atom is 0.326 e. The van der Waals surface area contributed by atoms with Crippen molar-refractivity contribution in [3.63, 3.8) is 0 Å². The zero-order valence-corrected chi connectivity index (χ0v) is 21.4. The minimum atomic E-state index is -1.28. The number of carboxylic acids is 2. The van der Waals surface area contributed by atoms with E-state index in [0.29, 0.717) is 13.0 Å². The van der Waals surface area contributed by atoms with Crippen molar-refractivity contribution in [1.82, 2.24) is 26.6 Å². The van der Waals surface area contributed by atoms with Crippen molar-refractivity contribution in [3.05, 3.63) is 0 Å². The molecule has 0 aromatic rings. The van der Waals surface area contributed by atoms with Crippen LogP contribution in [0.3, 0.4) is 0 Å². The lowest BCUT2D eigenvalue weighted by Gasteiger charge is -2.15. The average molecular weight is 530 g/mol. The minimum absolute atomic E-state index is 0.0694. The first-order valence-electron chi connectivity index (χ1n) is 12.3. The molecule has 0 heterocycles. The predicted molar refractivity (Wildman–Crippen MR) is 131 cm³/mol. The molecule has 0 spiro atoms. The van der Waals surface area contributed by atoms with E-state index >= 15 is 0 Å². The van der Waals surface area contributed by atoms with E-state index in [1.165, 1.54) is 6.92 Å². The van der Waals surface area contributed by atoms with E-state index in [4.69, 9.17) is 5.11 Å². The summed E-state index contributed by atoms with van der Waals surface area (Å²) in [6.45, 7) is 4.09. The third-order valence-electron chi connectivity index (χ3n) is 5.01. The molecule has 2 unspecified atom stereocenters. The van der Waals surface area contributed by atoms with E-state index in [1.54, 1.807) is 0 Å². The highest BCUT2D eigenvalue weighted by Gasteiger charge is 2.21. The highest BCUT2D eigenvalue weighted by atomic mass is 16.4. The number of hydrogen-bond donors (Lipinski definition) is 7. The van der Waals surface area contributed by atoms with E-state index in [-0.39, 0.29) is 69.8 Å². The number of hydrogen-bond acceptors (Lipinski definition) is 7. The summed E-state index contributed by atoms with van der Waals surface area (Å²) in [5.74, 6) is -4.56. The van der Waals surface area contributed by atoms with Gasteiger partial charge >= 0.3 is 11.9 Å². The number of carboxylic acid groups (broad SMARTS) is 2. The largest absolute Gasteiger partial charge is 0.480 e. The van der Waals surface area contributed by atoms with Gasteiger partial charge in [0.25, 0.3) is 0 Å². The van der Waals surface area contributed by atoms with Crippen LogP contribution in [-0.2, 0) is 33.6 Å². The molecule has 0 saturated carbocycles. The normalized spacial score (nSPS) is 11.9. The second-order valence-corrected chi connectivity index (χ2v) is 8.38. The molecule has 5 amide bonds. The summed E-state index contributed by atoms with van der Waals surface area (Å²) < 4.78 is 0. The number of nitrogens with one attached hydrogen (secondary N) is 5. The van der Waals surface area contributed by atoms with Crippen molar-refractivity contribution in [2.45, 2.75) is 83.7 Å². The standard InChI is InChI=1S/C23H39N5O9/c1-3-12-24-18(30)6-4-13-25-20(32)11-9-17(23(36)37)28-21(33)7-5-14-26-19(31)10-8-16(22(34)35)27-15(2)29/h16-17H,3-14H2,1-2H3,(H,24,30)(H,25,32)(H,26,31)(H,27,29)(H,28,33)(H,34,35)(H,36,37). The van der Waals surface area contributed by atoms with Gasteiger partial charge in [-0.15, -0.1) is 0 Å². The van der Waals surface area contributed by atoms with Crippen LogP contribution in [0.15, 0.2) is 0 Å². The van der Waals surface area contributed by atoms with Crippen molar-refractivity contribution in [1.29, 1.82) is 0 Å². The molecule has 14 nitrogen and oxygen atoms in total. The van der Waals surface area contributed by atoms with Crippen LogP contribution >= 0.6 is 0 Å². The monoisotopic (exact) mass is 529 g/mol. The van der Waals surface area contributed by atoms with Gasteiger partial charge in [-0.3, -0.25) is 24.0 Å². The van der Waals surface area contributed by atoms with Crippen LogP contribution in [0.2, 0.25) is 0 Å². The van der Waals surface area contributed by atoms with Gasteiger partial charge in [0.2, 0.25) is 29.5 Å². The summed E-state index contributed by atoms with van der Waals surface area (Å²) in [6, 6.07) is -2.43. The van der Waals surface area contributed by atoms with E-state index < -0.39 is 41.7 Å². The molecule has 7 N–H and O–H groups in total. The fraction of sp³-hybridized carbons (Fsp3) is 0.696. The van der Waals surface area contributed by atoms with Gasteiger partial charge in [0.05, 0.1) is 0 Å². The Morgan fingerprint density at radius 1 is 0.595 bits per heavy atom. The minimum Gasteiger partial charge on any atom is -0.480 e. The molecular formula is C23H39N5O9. The van der Waals surface area contributed by atoms with Crippen LogP contribution in [0.1, 0.15) is 71.6 Å². The van der Waals surface area contributed by atoms with Crippen molar-refractivity contribution in [2.24, 2.45) is 0 Å². The van der Waals surface area contributed by atoms with E-state index in [9.17, 15) is 38.7 Å². The summed E-state index contributed by atoms with van der Waals surface area (Å²) in [4.78, 5) is 80.8. The van der Waals surface area contributed by atoms with Crippen LogP contribution < -0.4 is 26.6 Å². The first-order valence-corrected chi connectivity index (χ1v) is 12.3. The van der Waals surface area contributed by atoms with Gasteiger partial charge in [0.1, 0.15) is 12.1 Å². The predicted octanol–water partition coefficient (Wildman–Crippen LogP) is -0.975. The van der Waals surface area contributed by atoms with Crippen molar-refractivity contribution in [2.75, 3.05) is 19.6 Å². The van der Waals surface area contributed by atoms with Gasteiger partial charge in [0, 0.05) is 52.2 Å². The van der Waals surface area contributed by atoms with Gasteiger partial charge in [-0.1, -0.05) is 6.92 Å². The Hall–Kier alpha value is -3.71. The van der Waals surface area contributed by atoms with Crippen molar-refractivity contribution >= 4 is 41.5 Å². The topological polar surface area (TPSA) is 220 Å². The van der Waals surface area contributed by atoms with E-state index in [0.717, 1.165) is 6.42 Å². The third kappa shape index (κ3) is 18.3. The maximum absolute atomic E-state index is 12.1. The second-order valence-electron chi connectivity index (χ2n) is 8.38. The van der Waals surface area contributed by atoms with E-state index in [1.807, 2.05) is 6.92 Å². The Kier molecular flexibility index (Phi) is 17.5. The smallest absolute Gasteiger partial charge is 0.326 e.